The summed E-state index contributed by atoms with van der Waals surface area (Å²) in [7, 11) is 1.77. The number of carbonyl (C=O) groups is 2. The second kappa shape index (κ2) is 10.6. The van der Waals surface area contributed by atoms with E-state index in [-0.39, 0.29) is 18.6 Å². The van der Waals surface area contributed by atoms with Gasteiger partial charge in [-0.25, -0.2) is 4.39 Å². The SMILES string of the molecule is Cc1nn(C)cc1[C@@H](C(=O)NC1CCCCC1)N(C(=O)[C@@H]1COc2ccccc2O1)c1ccc(F)cc1. The van der Waals surface area contributed by atoms with E-state index in [9.17, 15) is 14.0 Å². The molecule has 1 fully saturated rings. The number of nitrogens with one attached hydrogen (secondary N) is 1. The number of aromatic nitrogens is 2. The van der Waals surface area contributed by atoms with E-state index in [1.165, 1.54) is 29.2 Å². The molecule has 2 aliphatic rings. The summed E-state index contributed by atoms with van der Waals surface area (Å²) in [6.07, 6.45) is 5.79. The maximum Gasteiger partial charge on any atom is 0.272 e. The minimum absolute atomic E-state index is 0.0173. The first-order valence-electron chi connectivity index (χ1n) is 12.7. The number of rotatable bonds is 6. The summed E-state index contributed by atoms with van der Waals surface area (Å²) in [5, 5.41) is 7.61. The summed E-state index contributed by atoms with van der Waals surface area (Å²) >= 11 is 0. The zero-order valence-electron chi connectivity index (χ0n) is 21.0. The molecule has 1 saturated carbocycles. The number of aryl methyl sites for hydroxylation is 2. The quantitative estimate of drug-likeness (QED) is 0.541. The molecule has 5 rings (SSSR count). The molecule has 194 valence electrons. The Bertz CT molecular complexity index is 1270. The van der Waals surface area contributed by atoms with Crippen molar-refractivity contribution >= 4 is 17.5 Å². The Kier molecular flexibility index (Phi) is 7.12. The average molecular weight is 507 g/mol. The van der Waals surface area contributed by atoms with E-state index in [1.807, 2.05) is 6.07 Å². The van der Waals surface area contributed by atoms with Crippen LogP contribution >= 0.6 is 0 Å². The fraction of sp³-hybridized carbons (Fsp3) is 0.393. The van der Waals surface area contributed by atoms with Crippen LogP contribution in [0.25, 0.3) is 0 Å². The highest BCUT2D eigenvalue weighted by Crippen LogP contribution is 2.35. The van der Waals surface area contributed by atoms with Gasteiger partial charge in [-0.15, -0.1) is 0 Å². The van der Waals surface area contributed by atoms with Crippen molar-refractivity contribution in [2.24, 2.45) is 7.05 Å². The molecule has 37 heavy (non-hydrogen) atoms. The average Bonchev–Trinajstić information content (AvgIpc) is 3.24. The van der Waals surface area contributed by atoms with Crippen LogP contribution in [0.4, 0.5) is 10.1 Å². The second-order valence-electron chi connectivity index (χ2n) is 9.64. The Morgan fingerprint density at radius 3 is 2.46 bits per heavy atom. The number of hydrogen-bond acceptors (Lipinski definition) is 5. The van der Waals surface area contributed by atoms with Gasteiger partial charge in [-0.2, -0.15) is 5.10 Å². The first kappa shape index (κ1) is 24.8. The highest BCUT2D eigenvalue weighted by Gasteiger charge is 2.41. The van der Waals surface area contributed by atoms with Gasteiger partial charge in [0.1, 0.15) is 18.5 Å². The van der Waals surface area contributed by atoms with Crippen LogP contribution in [0.5, 0.6) is 11.5 Å². The van der Waals surface area contributed by atoms with E-state index in [1.54, 1.807) is 43.0 Å². The van der Waals surface area contributed by atoms with Gasteiger partial charge in [0, 0.05) is 30.5 Å². The number of para-hydroxylation sites is 2. The molecule has 1 aromatic heterocycles. The van der Waals surface area contributed by atoms with Gasteiger partial charge < -0.3 is 14.8 Å². The topological polar surface area (TPSA) is 85.7 Å². The summed E-state index contributed by atoms with van der Waals surface area (Å²) < 4.78 is 27.3. The Hall–Kier alpha value is -3.88. The number of anilines is 1. The van der Waals surface area contributed by atoms with E-state index in [0.717, 1.165) is 32.1 Å². The molecule has 0 radical (unpaired) electrons. The number of amides is 2. The third kappa shape index (κ3) is 5.30. The van der Waals surface area contributed by atoms with Gasteiger partial charge in [-0.1, -0.05) is 31.4 Å². The van der Waals surface area contributed by atoms with Crippen LogP contribution in [-0.4, -0.2) is 40.3 Å². The molecule has 0 spiro atoms. The Morgan fingerprint density at radius 1 is 1.08 bits per heavy atom. The van der Waals surface area contributed by atoms with Gasteiger partial charge >= 0.3 is 0 Å². The number of hydrogen-bond donors (Lipinski definition) is 1. The van der Waals surface area contributed by atoms with Crippen molar-refractivity contribution in [2.75, 3.05) is 11.5 Å². The van der Waals surface area contributed by atoms with Gasteiger partial charge in [-0.3, -0.25) is 19.2 Å². The van der Waals surface area contributed by atoms with E-state index in [4.69, 9.17) is 9.47 Å². The Morgan fingerprint density at radius 2 is 1.78 bits per heavy atom. The van der Waals surface area contributed by atoms with Gasteiger partial charge in [0.15, 0.2) is 11.5 Å². The minimum Gasteiger partial charge on any atom is -0.485 e. The maximum atomic E-state index is 14.1. The van der Waals surface area contributed by atoms with Crippen molar-refractivity contribution in [3.63, 3.8) is 0 Å². The molecule has 3 aromatic rings. The van der Waals surface area contributed by atoms with Crippen LogP contribution in [0.1, 0.15) is 49.4 Å². The van der Waals surface area contributed by atoms with Crippen molar-refractivity contribution in [2.45, 2.75) is 57.2 Å². The molecule has 8 nitrogen and oxygen atoms in total. The molecule has 9 heteroatoms. The number of benzene rings is 2. The van der Waals surface area contributed by atoms with Crippen LogP contribution in [0.3, 0.4) is 0 Å². The van der Waals surface area contributed by atoms with Crippen molar-refractivity contribution in [3.8, 4) is 11.5 Å². The van der Waals surface area contributed by atoms with Gasteiger partial charge in [0.05, 0.1) is 5.69 Å². The summed E-state index contributed by atoms with van der Waals surface area (Å²) in [4.78, 5) is 29.5. The van der Waals surface area contributed by atoms with E-state index < -0.39 is 23.9 Å². The number of carbonyl (C=O) groups excluding carboxylic acids is 2. The molecule has 0 saturated heterocycles. The molecular weight excluding hydrogens is 475 g/mol. The molecule has 0 bridgehead atoms. The lowest BCUT2D eigenvalue weighted by atomic mass is 9.94. The lowest BCUT2D eigenvalue weighted by molar-refractivity contribution is -0.132. The third-order valence-electron chi connectivity index (χ3n) is 6.93. The first-order chi connectivity index (χ1) is 17.9. The molecule has 1 aliphatic heterocycles. The van der Waals surface area contributed by atoms with Crippen molar-refractivity contribution < 1.29 is 23.5 Å². The predicted molar refractivity (Wildman–Crippen MR) is 136 cm³/mol. The monoisotopic (exact) mass is 506 g/mol. The highest BCUT2D eigenvalue weighted by molar-refractivity contribution is 6.03. The first-order valence-corrected chi connectivity index (χ1v) is 12.7. The zero-order chi connectivity index (χ0) is 25.9. The molecular formula is C28H31FN4O4. The van der Waals surface area contributed by atoms with Crippen molar-refractivity contribution in [3.05, 3.63) is 71.8 Å². The highest BCUT2D eigenvalue weighted by atomic mass is 19.1. The molecule has 2 atom stereocenters. The molecule has 2 aromatic carbocycles. The van der Waals surface area contributed by atoms with Crippen molar-refractivity contribution in [1.29, 1.82) is 0 Å². The maximum absolute atomic E-state index is 14.1. The van der Waals surface area contributed by atoms with Crippen molar-refractivity contribution in [1.82, 2.24) is 15.1 Å². The van der Waals surface area contributed by atoms with Crippen LogP contribution in [0, 0.1) is 12.7 Å². The lowest BCUT2D eigenvalue weighted by Gasteiger charge is -2.36. The van der Waals surface area contributed by atoms with Gasteiger partial charge in [0.25, 0.3) is 5.91 Å². The van der Waals surface area contributed by atoms with Crippen LogP contribution in [-0.2, 0) is 16.6 Å². The number of ether oxygens (including phenoxy) is 2. The summed E-state index contributed by atoms with van der Waals surface area (Å²) in [6.45, 7) is 1.79. The second-order valence-corrected chi connectivity index (χ2v) is 9.64. The molecule has 1 N–H and O–H groups in total. The minimum atomic E-state index is -1.03. The lowest BCUT2D eigenvalue weighted by Crippen LogP contribution is -2.52. The fourth-order valence-corrected chi connectivity index (χ4v) is 5.11. The largest absolute Gasteiger partial charge is 0.485 e. The van der Waals surface area contributed by atoms with Crippen LogP contribution < -0.4 is 19.7 Å². The Labute approximate surface area is 215 Å². The normalized spacial score (nSPS) is 18.2. The number of halogens is 1. The summed E-state index contributed by atoms with van der Waals surface area (Å²) in [5.41, 5.74) is 1.59. The van der Waals surface area contributed by atoms with E-state index in [2.05, 4.69) is 10.4 Å². The summed E-state index contributed by atoms with van der Waals surface area (Å²) in [6, 6.07) is 11.7. The van der Waals surface area contributed by atoms with E-state index >= 15 is 0 Å². The van der Waals surface area contributed by atoms with Crippen LogP contribution in [0.15, 0.2) is 54.7 Å². The van der Waals surface area contributed by atoms with E-state index in [0.29, 0.717) is 28.4 Å². The molecule has 0 unspecified atom stereocenters. The zero-order valence-corrected chi connectivity index (χ0v) is 21.0. The third-order valence-corrected chi connectivity index (χ3v) is 6.93. The molecule has 2 heterocycles. The number of nitrogens with zero attached hydrogens (tertiary/aromatic N) is 3. The molecule has 1 aliphatic carbocycles. The standard InChI is InChI=1S/C28H31FN4O4/c1-18-22(16-32(2)31-18)26(27(34)30-20-8-4-3-5-9-20)33(21-14-12-19(29)13-15-21)28(35)25-17-36-23-10-6-7-11-24(23)37-25/h6-7,10-16,20,25-26H,3-5,8-9,17H2,1-2H3,(H,30,34)/t25-,26-/m0/s1. The Balaban J connectivity index is 1.55. The smallest absolute Gasteiger partial charge is 0.272 e. The van der Waals surface area contributed by atoms with Gasteiger partial charge in [0.2, 0.25) is 12.0 Å². The van der Waals surface area contributed by atoms with Crippen LogP contribution in [0.2, 0.25) is 0 Å². The predicted octanol–water partition coefficient (Wildman–Crippen LogP) is 4.23. The summed E-state index contributed by atoms with van der Waals surface area (Å²) in [5.74, 6) is -0.212. The van der Waals surface area contributed by atoms with Gasteiger partial charge in [-0.05, 0) is 56.2 Å². The number of fused-ring (bicyclic) bond motifs is 1. The fourth-order valence-electron chi connectivity index (χ4n) is 5.11. The molecule has 2 amide bonds.